The Bertz CT molecular complexity index is 829. The first-order chi connectivity index (χ1) is 11.6. The highest BCUT2D eigenvalue weighted by Gasteiger charge is 2.39. The largest absolute Gasteiger partial charge is 0.466 e. The van der Waals surface area contributed by atoms with Crippen molar-refractivity contribution in [3.63, 3.8) is 0 Å². The van der Waals surface area contributed by atoms with Gasteiger partial charge in [-0.05, 0) is 30.0 Å². The van der Waals surface area contributed by atoms with E-state index in [2.05, 4.69) is 10.2 Å². The van der Waals surface area contributed by atoms with Crippen LogP contribution in [0.5, 0.6) is 0 Å². The average molecular weight is 363 g/mol. The Morgan fingerprint density at radius 3 is 2.52 bits per heavy atom. The van der Waals surface area contributed by atoms with E-state index in [0.29, 0.717) is 28.2 Å². The summed E-state index contributed by atoms with van der Waals surface area (Å²) in [6, 6.07) is 3.96. The maximum Gasteiger partial charge on any atom is 0.335 e. The smallest absolute Gasteiger partial charge is 0.335 e. The van der Waals surface area contributed by atoms with Gasteiger partial charge >= 0.3 is 5.97 Å². The third-order valence-corrected chi connectivity index (χ3v) is 4.41. The van der Waals surface area contributed by atoms with E-state index in [9.17, 15) is 9.18 Å². The lowest BCUT2D eigenvalue weighted by molar-refractivity contribution is -0.136. The molecular formula is C19H20ClFN2O2. The summed E-state index contributed by atoms with van der Waals surface area (Å²) in [5, 5.41) is 3.34. The highest BCUT2D eigenvalue weighted by atomic mass is 35.5. The molecule has 0 radical (unpaired) electrons. The highest BCUT2D eigenvalue weighted by molar-refractivity contribution is 6.31. The quantitative estimate of drug-likeness (QED) is 0.607. The van der Waals surface area contributed by atoms with Crippen molar-refractivity contribution in [2.75, 3.05) is 7.11 Å². The predicted octanol–water partition coefficient (Wildman–Crippen LogP) is 4.79. The van der Waals surface area contributed by atoms with Gasteiger partial charge in [-0.1, -0.05) is 38.4 Å². The molecule has 0 saturated heterocycles. The van der Waals surface area contributed by atoms with Gasteiger partial charge in [-0.25, -0.2) is 14.0 Å². The predicted molar refractivity (Wildman–Crippen MR) is 95.1 cm³/mol. The molecule has 25 heavy (non-hydrogen) atoms. The lowest BCUT2D eigenvalue weighted by Gasteiger charge is -2.35. The van der Waals surface area contributed by atoms with Crippen LogP contribution in [-0.4, -0.2) is 13.1 Å². The summed E-state index contributed by atoms with van der Waals surface area (Å²) in [7, 11) is 1.28. The maximum atomic E-state index is 13.5. The van der Waals surface area contributed by atoms with Gasteiger partial charge in [0.25, 0.3) is 0 Å². The Morgan fingerprint density at radius 2 is 2.04 bits per heavy atom. The number of rotatable bonds is 2. The molecule has 0 bridgehead atoms. The third kappa shape index (κ3) is 3.54. The van der Waals surface area contributed by atoms with Crippen LogP contribution in [0.1, 0.15) is 39.2 Å². The summed E-state index contributed by atoms with van der Waals surface area (Å²) >= 11 is 6.25. The number of hydrogen-bond donors (Lipinski definition) is 1. The average Bonchev–Trinajstić information content (AvgIpc) is 2.52. The minimum Gasteiger partial charge on any atom is -0.466 e. The number of methoxy groups -OCH3 is 1. The third-order valence-electron chi connectivity index (χ3n) is 4.08. The molecule has 1 aliphatic heterocycles. The van der Waals surface area contributed by atoms with Gasteiger partial charge in [0, 0.05) is 16.4 Å². The number of carbonyl (C=O) groups is 1. The second-order valence-electron chi connectivity index (χ2n) is 6.88. The first kappa shape index (κ1) is 19.0. The number of esters is 1. The summed E-state index contributed by atoms with van der Waals surface area (Å²) in [6.45, 7) is 15.4. The number of dihydropyridines is 1. The van der Waals surface area contributed by atoms with Crippen molar-refractivity contribution in [1.82, 2.24) is 5.32 Å². The van der Waals surface area contributed by atoms with Gasteiger partial charge in [0.2, 0.25) is 0 Å². The molecule has 1 aromatic rings. The van der Waals surface area contributed by atoms with E-state index in [4.69, 9.17) is 22.9 Å². The molecule has 0 saturated carbocycles. The molecule has 4 nitrogen and oxygen atoms in total. The van der Waals surface area contributed by atoms with Gasteiger partial charge in [0.1, 0.15) is 5.82 Å². The Labute approximate surface area is 152 Å². The van der Waals surface area contributed by atoms with E-state index in [0.717, 1.165) is 0 Å². The van der Waals surface area contributed by atoms with Gasteiger partial charge < -0.3 is 10.1 Å². The zero-order chi connectivity index (χ0) is 18.9. The maximum absolute atomic E-state index is 13.5. The second-order valence-corrected chi connectivity index (χ2v) is 7.28. The fourth-order valence-corrected chi connectivity index (χ4v) is 3.20. The number of ether oxygens (including phenoxy) is 1. The zero-order valence-electron chi connectivity index (χ0n) is 14.8. The van der Waals surface area contributed by atoms with Crippen molar-refractivity contribution < 1.29 is 13.9 Å². The SMILES string of the molecule is [C-]#[N+]C1=C(C(C)(C)C)NC(C)=C(C(=O)OC)C1c1ccc(F)cc1Cl. The van der Waals surface area contributed by atoms with E-state index in [1.54, 1.807) is 6.92 Å². The molecule has 1 aromatic carbocycles. The van der Waals surface area contributed by atoms with Gasteiger partial charge in [0.15, 0.2) is 5.70 Å². The molecule has 0 fully saturated rings. The fraction of sp³-hybridized carbons (Fsp3) is 0.368. The Morgan fingerprint density at radius 1 is 1.40 bits per heavy atom. The molecule has 0 aliphatic carbocycles. The Kier molecular flexibility index (Phi) is 5.24. The molecule has 2 rings (SSSR count). The molecule has 0 spiro atoms. The monoisotopic (exact) mass is 362 g/mol. The minimum atomic E-state index is -0.714. The number of carbonyl (C=O) groups excluding carboxylic acids is 1. The van der Waals surface area contributed by atoms with Crippen LogP contribution in [0.3, 0.4) is 0 Å². The molecule has 0 amide bonds. The first-order valence-corrected chi connectivity index (χ1v) is 8.12. The second kappa shape index (κ2) is 6.89. The van der Waals surface area contributed by atoms with Crippen LogP contribution in [0.15, 0.2) is 40.9 Å². The summed E-state index contributed by atoms with van der Waals surface area (Å²) in [5.74, 6) is -1.74. The van der Waals surface area contributed by atoms with Gasteiger partial charge in [-0.2, -0.15) is 0 Å². The van der Waals surface area contributed by atoms with Gasteiger partial charge in [-0.3, -0.25) is 0 Å². The van der Waals surface area contributed by atoms with Crippen molar-refractivity contribution in [3.05, 3.63) is 68.7 Å². The van der Waals surface area contributed by atoms with Gasteiger partial charge in [0.05, 0.1) is 25.2 Å². The number of hydrogen-bond acceptors (Lipinski definition) is 3. The molecule has 1 N–H and O–H groups in total. The minimum absolute atomic E-state index is 0.163. The van der Waals surface area contributed by atoms with Crippen molar-refractivity contribution >= 4 is 17.6 Å². The first-order valence-electron chi connectivity index (χ1n) is 7.75. The van der Waals surface area contributed by atoms with Crippen molar-refractivity contribution in [1.29, 1.82) is 0 Å². The molecular weight excluding hydrogens is 343 g/mol. The summed E-state index contributed by atoms with van der Waals surface area (Å²) in [6.07, 6.45) is 0. The Hall–Kier alpha value is -2.32. The zero-order valence-corrected chi connectivity index (χ0v) is 15.6. The van der Waals surface area contributed by atoms with Crippen LogP contribution in [-0.2, 0) is 9.53 Å². The van der Waals surface area contributed by atoms with Crippen LogP contribution in [0, 0.1) is 17.8 Å². The van der Waals surface area contributed by atoms with Crippen LogP contribution in [0.4, 0.5) is 4.39 Å². The Balaban J connectivity index is 2.81. The molecule has 6 heteroatoms. The molecule has 1 heterocycles. The number of allylic oxidation sites excluding steroid dienone is 3. The number of nitrogens with one attached hydrogen (secondary N) is 1. The van der Waals surface area contributed by atoms with E-state index >= 15 is 0 Å². The summed E-state index contributed by atoms with van der Waals surface area (Å²) < 4.78 is 18.4. The number of nitrogens with zero attached hydrogens (tertiary/aromatic N) is 1. The van der Waals surface area contributed by atoms with E-state index in [1.807, 2.05) is 20.8 Å². The van der Waals surface area contributed by atoms with Crippen molar-refractivity contribution in [2.24, 2.45) is 5.41 Å². The molecule has 0 aromatic heterocycles. The van der Waals surface area contributed by atoms with Crippen LogP contribution >= 0.6 is 11.6 Å². The molecule has 1 atom stereocenters. The lowest BCUT2D eigenvalue weighted by Crippen LogP contribution is -2.34. The van der Waals surface area contributed by atoms with Crippen molar-refractivity contribution in [2.45, 2.75) is 33.6 Å². The topological polar surface area (TPSA) is 42.7 Å². The van der Waals surface area contributed by atoms with E-state index in [-0.39, 0.29) is 10.4 Å². The van der Waals surface area contributed by atoms with Crippen LogP contribution in [0.25, 0.3) is 4.85 Å². The fourth-order valence-electron chi connectivity index (χ4n) is 2.93. The number of halogens is 2. The molecule has 132 valence electrons. The standard InChI is InChI=1S/C19H20ClFN2O2/c1-10-14(18(24)25-6)15(12-8-7-11(21)9-13(12)20)16(22-5)17(23-10)19(2,3)4/h7-9,15,23H,1-4,6H3. The summed E-state index contributed by atoms with van der Waals surface area (Å²) in [4.78, 5) is 16.1. The normalized spacial score (nSPS) is 17.9. The van der Waals surface area contributed by atoms with Gasteiger partial charge in [-0.15, -0.1) is 0 Å². The van der Waals surface area contributed by atoms with Crippen LogP contribution in [0.2, 0.25) is 5.02 Å². The van der Waals surface area contributed by atoms with Crippen LogP contribution < -0.4 is 5.32 Å². The van der Waals surface area contributed by atoms with Crippen molar-refractivity contribution in [3.8, 4) is 0 Å². The van der Waals surface area contributed by atoms with E-state index < -0.39 is 17.7 Å². The molecule has 1 aliphatic rings. The van der Waals surface area contributed by atoms with E-state index in [1.165, 1.54) is 25.3 Å². The molecule has 1 unspecified atom stereocenters. The highest BCUT2D eigenvalue weighted by Crippen LogP contribution is 2.45. The lowest BCUT2D eigenvalue weighted by atomic mass is 9.78. The summed E-state index contributed by atoms with van der Waals surface area (Å²) in [5.41, 5.74) is 2.10. The number of benzene rings is 1.